The number of hydrogen-bond acceptors (Lipinski definition) is 4. The third-order valence-electron chi connectivity index (χ3n) is 2.28. The van der Waals surface area contributed by atoms with Crippen LogP contribution in [-0.2, 0) is 16.4 Å². The minimum absolute atomic E-state index is 0.122. The molecule has 0 aliphatic carbocycles. The summed E-state index contributed by atoms with van der Waals surface area (Å²) in [6.45, 7) is 3.65. The summed E-state index contributed by atoms with van der Waals surface area (Å²) in [5.41, 5.74) is 1.08. The van der Waals surface area contributed by atoms with E-state index in [2.05, 4.69) is 15.0 Å². The lowest BCUT2D eigenvalue weighted by Gasteiger charge is -2.06. The standard InChI is InChI=1S/C11H19N3O2S/c1-2-12-9-10-17(15,16)14-8-5-11-3-6-13-7-4-11/h3-4,6-7,12,14H,2,5,8-10H2,1H3. The molecule has 1 rings (SSSR count). The van der Waals surface area contributed by atoms with Gasteiger partial charge in [0.1, 0.15) is 0 Å². The Balaban J connectivity index is 2.26. The normalized spacial score (nSPS) is 11.6. The van der Waals surface area contributed by atoms with Gasteiger partial charge in [0.05, 0.1) is 5.75 Å². The highest BCUT2D eigenvalue weighted by Gasteiger charge is 2.08. The molecule has 0 amide bonds. The van der Waals surface area contributed by atoms with Gasteiger partial charge in [0, 0.05) is 25.5 Å². The van der Waals surface area contributed by atoms with Gasteiger partial charge in [-0.15, -0.1) is 0 Å². The second-order valence-corrected chi connectivity index (χ2v) is 5.60. The molecule has 0 atom stereocenters. The van der Waals surface area contributed by atoms with Gasteiger partial charge in [-0.3, -0.25) is 4.98 Å². The Morgan fingerprint density at radius 3 is 2.59 bits per heavy atom. The molecule has 0 radical (unpaired) electrons. The summed E-state index contributed by atoms with van der Waals surface area (Å²) in [6.07, 6.45) is 4.09. The lowest BCUT2D eigenvalue weighted by molar-refractivity contribution is 0.577. The van der Waals surface area contributed by atoms with E-state index in [9.17, 15) is 8.42 Å². The smallest absolute Gasteiger partial charge is 0.212 e. The predicted molar refractivity (Wildman–Crippen MR) is 68.3 cm³/mol. The molecule has 1 aromatic heterocycles. The Morgan fingerprint density at radius 2 is 1.94 bits per heavy atom. The summed E-state index contributed by atoms with van der Waals surface area (Å²) < 4.78 is 25.6. The van der Waals surface area contributed by atoms with Gasteiger partial charge in [-0.1, -0.05) is 6.92 Å². The maximum atomic E-state index is 11.5. The molecule has 1 aromatic rings. The lowest BCUT2D eigenvalue weighted by atomic mass is 10.2. The molecule has 0 saturated heterocycles. The summed E-state index contributed by atoms with van der Waals surface area (Å²) >= 11 is 0. The zero-order valence-electron chi connectivity index (χ0n) is 10.0. The van der Waals surface area contributed by atoms with Crippen LogP contribution in [0, 0.1) is 0 Å². The van der Waals surface area contributed by atoms with Gasteiger partial charge < -0.3 is 5.32 Å². The molecule has 6 heteroatoms. The SMILES string of the molecule is CCNCCS(=O)(=O)NCCc1ccncc1. The van der Waals surface area contributed by atoms with Crippen LogP contribution in [0.1, 0.15) is 12.5 Å². The molecule has 0 fully saturated rings. The van der Waals surface area contributed by atoms with Gasteiger partial charge >= 0.3 is 0 Å². The van der Waals surface area contributed by atoms with Gasteiger partial charge in [0.25, 0.3) is 0 Å². The summed E-state index contributed by atoms with van der Waals surface area (Å²) in [5.74, 6) is 0.122. The van der Waals surface area contributed by atoms with Crippen molar-refractivity contribution in [2.24, 2.45) is 0 Å². The van der Waals surface area contributed by atoms with Gasteiger partial charge in [0.15, 0.2) is 0 Å². The van der Waals surface area contributed by atoms with Crippen molar-refractivity contribution in [3.63, 3.8) is 0 Å². The molecule has 0 aliphatic rings. The molecule has 1 heterocycles. The molecule has 0 spiro atoms. The number of aromatic nitrogens is 1. The topological polar surface area (TPSA) is 71.1 Å². The number of rotatable bonds is 8. The third-order valence-corrected chi connectivity index (χ3v) is 3.67. The number of sulfonamides is 1. The largest absolute Gasteiger partial charge is 0.316 e. The molecule has 0 saturated carbocycles. The van der Waals surface area contributed by atoms with Crippen LogP contribution in [0.3, 0.4) is 0 Å². The zero-order valence-corrected chi connectivity index (χ0v) is 10.8. The Morgan fingerprint density at radius 1 is 1.24 bits per heavy atom. The van der Waals surface area contributed by atoms with Crippen LogP contribution in [0.25, 0.3) is 0 Å². The highest BCUT2D eigenvalue weighted by atomic mass is 32.2. The number of hydrogen-bond donors (Lipinski definition) is 2. The second kappa shape index (κ2) is 7.37. The van der Waals surface area contributed by atoms with Crippen molar-refractivity contribution < 1.29 is 8.42 Å². The second-order valence-electron chi connectivity index (χ2n) is 3.67. The van der Waals surface area contributed by atoms with Gasteiger partial charge in [0.2, 0.25) is 10.0 Å². The van der Waals surface area contributed by atoms with Crippen LogP contribution in [-0.4, -0.2) is 38.8 Å². The van der Waals surface area contributed by atoms with Gasteiger partial charge in [-0.2, -0.15) is 0 Å². The van der Waals surface area contributed by atoms with Crippen molar-refractivity contribution in [1.29, 1.82) is 0 Å². The third kappa shape index (κ3) is 6.35. The van der Waals surface area contributed by atoms with Crippen LogP contribution in [0.15, 0.2) is 24.5 Å². The molecular weight excluding hydrogens is 238 g/mol. The summed E-state index contributed by atoms with van der Waals surface area (Å²) in [4.78, 5) is 3.91. The van der Waals surface area contributed by atoms with E-state index in [4.69, 9.17) is 0 Å². The van der Waals surface area contributed by atoms with Crippen molar-refractivity contribution in [3.05, 3.63) is 30.1 Å². The quantitative estimate of drug-likeness (QED) is 0.651. The fourth-order valence-corrected chi connectivity index (χ4v) is 2.33. The van der Waals surface area contributed by atoms with E-state index in [-0.39, 0.29) is 5.75 Å². The molecule has 17 heavy (non-hydrogen) atoms. The highest BCUT2D eigenvalue weighted by molar-refractivity contribution is 7.89. The Hall–Kier alpha value is -0.980. The first-order valence-corrected chi connectivity index (χ1v) is 7.36. The first-order chi connectivity index (χ1) is 8.14. The van der Waals surface area contributed by atoms with Gasteiger partial charge in [-0.05, 0) is 30.7 Å². The molecule has 96 valence electrons. The summed E-state index contributed by atoms with van der Waals surface area (Å²) in [7, 11) is -3.15. The van der Waals surface area contributed by atoms with E-state index in [0.717, 1.165) is 12.1 Å². The van der Waals surface area contributed by atoms with Crippen LogP contribution in [0.5, 0.6) is 0 Å². The van der Waals surface area contributed by atoms with Crippen LogP contribution < -0.4 is 10.0 Å². The zero-order chi connectivity index (χ0) is 12.6. The van der Waals surface area contributed by atoms with E-state index in [1.165, 1.54) is 0 Å². The first kappa shape index (κ1) is 14.1. The fraction of sp³-hybridized carbons (Fsp3) is 0.545. The average molecular weight is 257 g/mol. The Labute approximate surface area is 103 Å². The minimum atomic E-state index is -3.15. The molecule has 5 nitrogen and oxygen atoms in total. The molecule has 0 bridgehead atoms. The van der Waals surface area contributed by atoms with Crippen molar-refractivity contribution in [2.45, 2.75) is 13.3 Å². The number of nitrogens with one attached hydrogen (secondary N) is 2. The lowest BCUT2D eigenvalue weighted by Crippen LogP contribution is -2.33. The van der Waals surface area contributed by atoms with E-state index in [1.807, 2.05) is 19.1 Å². The molecule has 0 aliphatic heterocycles. The van der Waals surface area contributed by atoms with Crippen molar-refractivity contribution in [3.8, 4) is 0 Å². The van der Waals surface area contributed by atoms with E-state index in [1.54, 1.807) is 12.4 Å². The van der Waals surface area contributed by atoms with Crippen LogP contribution >= 0.6 is 0 Å². The minimum Gasteiger partial charge on any atom is -0.316 e. The average Bonchev–Trinajstić information content (AvgIpc) is 2.30. The number of nitrogens with zero attached hydrogens (tertiary/aromatic N) is 1. The van der Waals surface area contributed by atoms with Crippen molar-refractivity contribution in [1.82, 2.24) is 15.0 Å². The maximum absolute atomic E-state index is 11.5. The van der Waals surface area contributed by atoms with Crippen LogP contribution in [0.4, 0.5) is 0 Å². The van der Waals surface area contributed by atoms with Crippen molar-refractivity contribution >= 4 is 10.0 Å². The summed E-state index contributed by atoms with van der Waals surface area (Å²) in [5, 5.41) is 2.99. The van der Waals surface area contributed by atoms with Crippen molar-refractivity contribution in [2.75, 3.05) is 25.4 Å². The highest BCUT2D eigenvalue weighted by Crippen LogP contribution is 1.96. The molecule has 0 unspecified atom stereocenters. The monoisotopic (exact) mass is 257 g/mol. The van der Waals surface area contributed by atoms with E-state index in [0.29, 0.717) is 19.5 Å². The maximum Gasteiger partial charge on any atom is 0.212 e. The molecular formula is C11H19N3O2S. The Kier molecular flexibility index (Phi) is 6.10. The summed E-state index contributed by atoms with van der Waals surface area (Å²) in [6, 6.07) is 3.76. The number of pyridine rings is 1. The molecule has 2 N–H and O–H groups in total. The van der Waals surface area contributed by atoms with E-state index >= 15 is 0 Å². The Bertz CT molecular complexity index is 406. The fourth-order valence-electron chi connectivity index (χ4n) is 1.36. The first-order valence-electron chi connectivity index (χ1n) is 5.71. The van der Waals surface area contributed by atoms with Gasteiger partial charge in [-0.25, -0.2) is 13.1 Å². The van der Waals surface area contributed by atoms with Crippen LogP contribution in [0.2, 0.25) is 0 Å². The predicted octanol–water partition coefficient (Wildman–Crippen LogP) is 0.153. The molecule has 0 aromatic carbocycles. The van der Waals surface area contributed by atoms with E-state index < -0.39 is 10.0 Å².